The number of hydrogen-bond acceptors (Lipinski definition) is 6. The number of esters is 1. The van der Waals surface area contributed by atoms with Gasteiger partial charge in [0.1, 0.15) is 6.10 Å². The highest BCUT2D eigenvalue weighted by molar-refractivity contribution is 5.94. The van der Waals surface area contributed by atoms with Crippen LogP contribution in [0.5, 0.6) is 11.5 Å². The Morgan fingerprint density at radius 1 is 1.26 bits per heavy atom. The monoisotopic (exact) mass is 317 g/mol. The molecule has 3 heterocycles. The Bertz CT molecular complexity index is 690. The van der Waals surface area contributed by atoms with Crippen molar-refractivity contribution in [2.24, 2.45) is 5.92 Å². The number of likely N-dealkylation sites (tertiary alicyclic amines) is 1. The minimum Gasteiger partial charge on any atom is -0.455 e. The molecule has 5 atom stereocenters. The number of aliphatic hydroxyl groups is 1. The van der Waals surface area contributed by atoms with Gasteiger partial charge in [0.15, 0.2) is 11.5 Å². The van der Waals surface area contributed by atoms with E-state index in [0.29, 0.717) is 29.4 Å². The molecule has 23 heavy (non-hydrogen) atoms. The Kier molecular flexibility index (Phi) is 2.73. The number of fused-ring (bicyclic) bond motifs is 6. The molecule has 0 bridgehead atoms. The quantitative estimate of drug-likeness (QED) is 0.723. The largest absolute Gasteiger partial charge is 0.455 e. The molecule has 1 N–H and O–H groups in total. The van der Waals surface area contributed by atoms with Crippen LogP contribution in [0.1, 0.15) is 34.7 Å². The van der Waals surface area contributed by atoms with Crippen LogP contribution >= 0.6 is 0 Å². The van der Waals surface area contributed by atoms with Crippen LogP contribution < -0.4 is 9.47 Å². The second-order valence-corrected chi connectivity index (χ2v) is 7.01. The highest BCUT2D eigenvalue weighted by atomic mass is 16.7. The van der Waals surface area contributed by atoms with Gasteiger partial charge in [-0.2, -0.15) is 0 Å². The number of carbonyl (C=O) groups excluding carboxylic acids is 1. The van der Waals surface area contributed by atoms with Gasteiger partial charge in [0.25, 0.3) is 0 Å². The molecular weight excluding hydrogens is 298 g/mol. The SMILES string of the molecule is CN1CC[C@H]2C[C@@H](O)[C@@H]3OC(=O)c4cc5c(cc4C3[C@H]21)OCO5. The molecule has 122 valence electrons. The molecule has 1 aliphatic carbocycles. The first-order chi connectivity index (χ1) is 11.1. The van der Waals surface area contributed by atoms with Gasteiger partial charge in [-0.3, -0.25) is 0 Å². The van der Waals surface area contributed by atoms with Gasteiger partial charge in [-0.25, -0.2) is 4.79 Å². The van der Waals surface area contributed by atoms with Crippen molar-refractivity contribution in [2.75, 3.05) is 20.4 Å². The van der Waals surface area contributed by atoms with Crippen molar-refractivity contribution >= 4 is 5.97 Å². The summed E-state index contributed by atoms with van der Waals surface area (Å²) < 4.78 is 16.5. The lowest BCUT2D eigenvalue weighted by Crippen LogP contribution is -2.54. The van der Waals surface area contributed by atoms with Crippen molar-refractivity contribution < 1.29 is 24.1 Å². The van der Waals surface area contributed by atoms with Crippen LogP contribution in [-0.4, -0.2) is 54.6 Å². The zero-order valence-electron chi connectivity index (χ0n) is 12.9. The highest BCUT2D eigenvalue weighted by Crippen LogP contribution is 2.50. The Morgan fingerprint density at radius 3 is 2.87 bits per heavy atom. The molecular formula is C17H19NO5. The average Bonchev–Trinajstić information content (AvgIpc) is 3.13. The van der Waals surface area contributed by atoms with Crippen LogP contribution in [0.2, 0.25) is 0 Å². The summed E-state index contributed by atoms with van der Waals surface area (Å²) in [5.74, 6) is 1.31. The second-order valence-electron chi connectivity index (χ2n) is 7.01. The van der Waals surface area contributed by atoms with E-state index >= 15 is 0 Å². The summed E-state index contributed by atoms with van der Waals surface area (Å²) in [5.41, 5.74) is 1.47. The molecule has 6 heteroatoms. The first-order valence-electron chi connectivity index (χ1n) is 8.16. The summed E-state index contributed by atoms with van der Waals surface area (Å²) in [5, 5.41) is 10.5. The fourth-order valence-electron chi connectivity index (χ4n) is 4.86. The molecule has 0 radical (unpaired) electrons. The second kappa shape index (κ2) is 4.61. The smallest absolute Gasteiger partial charge is 0.338 e. The fraction of sp³-hybridized carbons (Fsp3) is 0.588. The Morgan fingerprint density at radius 2 is 2.04 bits per heavy atom. The van der Waals surface area contributed by atoms with E-state index in [4.69, 9.17) is 14.2 Å². The molecule has 4 aliphatic rings. The summed E-state index contributed by atoms with van der Waals surface area (Å²) in [4.78, 5) is 14.8. The van der Waals surface area contributed by atoms with Crippen LogP contribution in [-0.2, 0) is 4.74 Å². The van der Waals surface area contributed by atoms with Gasteiger partial charge in [-0.15, -0.1) is 0 Å². The van der Waals surface area contributed by atoms with E-state index in [1.54, 1.807) is 6.07 Å². The Hall–Kier alpha value is -1.79. The van der Waals surface area contributed by atoms with Crippen molar-refractivity contribution in [3.05, 3.63) is 23.3 Å². The first-order valence-corrected chi connectivity index (χ1v) is 8.16. The number of likely N-dealkylation sites (N-methyl/N-ethyl adjacent to an activating group) is 1. The molecule has 0 aromatic heterocycles. The summed E-state index contributed by atoms with van der Waals surface area (Å²) in [6.45, 7) is 1.19. The third-order valence-electron chi connectivity index (χ3n) is 5.86. The highest BCUT2D eigenvalue weighted by Gasteiger charge is 2.53. The molecule has 1 aromatic rings. The molecule has 1 unspecified atom stereocenters. The predicted molar refractivity (Wildman–Crippen MR) is 79.7 cm³/mol. The number of rotatable bonds is 0. The van der Waals surface area contributed by atoms with Crippen LogP contribution in [0.3, 0.4) is 0 Å². The van der Waals surface area contributed by atoms with E-state index in [9.17, 15) is 9.90 Å². The number of nitrogens with zero attached hydrogens (tertiary/aromatic N) is 1. The standard InChI is InChI=1S/C17H19NO5/c1-18-3-2-8-4-11(19)16-14(15(8)18)9-5-12-13(22-7-21-12)6-10(9)17(20)23-16/h5-6,8,11,14-16,19H,2-4,7H2,1H3/t8-,11+,14?,15-,16-/m0/s1. The molecule has 1 saturated heterocycles. The van der Waals surface area contributed by atoms with Crippen LogP contribution in [0.4, 0.5) is 0 Å². The molecule has 1 aromatic carbocycles. The van der Waals surface area contributed by atoms with Crippen molar-refractivity contribution in [3.8, 4) is 11.5 Å². The Labute approximate surface area is 133 Å². The zero-order valence-corrected chi connectivity index (χ0v) is 12.9. The predicted octanol–water partition coefficient (Wildman–Crippen LogP) is 1.12. The minimum atomic E-state index is -0.602. The minimum absolute atomic E-state index is 0.0153. The van der Waals surface area contributed by atoms with Crippen LogP contribution in [0.25, 0.3) is 0 Å². The maximum absolute atomic E-state index is 12.4. The lowest BCUT2D eigenvalue weighted by molar-refractivity contribution is -0.0778. The normalized spacial score (nSPS) is 37.8. The lowest BCUT2D eigenvalue weighted by Gasteiger charge is -2.47. The molecule has 1 saturated carbocycles. The third-order valence-corrected chi connectivity index (χ3v) is 5.86. The van der Waals surface area contributed by atoms with Gasteiger partial charge in [-0.05, 0) is 50.0 Å². The molecule has 0 amide bonds. The number of aliphatic hydroxyl groups excluding tert-OH is 1. The van der Waals surface area contributed by atoms with Crippen LogP contribution in [0.15, 0.2) is 12.1 Å². The van der Waals surface area contributed by atoms with Crippen molar-refractivity contribution in [1.29, 1.82) is 0 Å². The topological polar surface area (TPSA) is 68.2 Å². The van der Waals surface area contributed by atoms with E-state index in [1.807, 2.05) is 6.07 Å². The van der Waals surface area contributed by atoms with Crippen LogP contribution in [0, 0.1) is 5.92 Å². The summed E-state index contributed by atoms with van der Waals surface area (Å²) in [7, 11) is 2.11. The number of hydrogen-bond donors (Lipinski definition) is 1. The zero-order chi connectivity index (χ0) is 15.7. The Balaban J connectivity index is 1.68. The average molecular weight is 317 g/mol. The van der Waals surface area contributed by atoms with Gasteiger partial charge in [-0.1, -0.05) is 0 Å². The van der Waals surface area contributed by atoms with E-state index in [1.165, 1.54) is 0 Å². The van der Waals surface area contributed by atoms with Gasteiger partial charge in [0.05, 0.1) is 11.7 Å². The third kappa shape index (κ3) is 1.79. The number of carbonyl (C=O) groups is 1. The summed E-state index contributed by atoms with van der Waals surface area (Å²) in [6.07, 6.45) is 0.700. The number of benzene rings is 1. The molecule has 5 rings (SSSR count). The van der Waals surface area contributed by atoms with Crippen molar-refractivity contribution in [3.63, 3.8) is 0 Å². The van der Waals surface area contributed by atoms with Gasteiger partial charge in [0.2, 0.25) is 6.79 Å². The van der Waals surface area contributed by atoms with Crippen molar-refractivity contribution in [1.82, 2.24) is 4.90 Å². The maximum Gasteiger partial charge on any atom is 0.338 e. The van der Waals surface area contributed by atoms with E-state index < -0.39 is 12.2 Å². The van der Waals surface area contributed by atoms with E-state index in [-0.39, 0.29) is 24.7 Å². The lowest BCUT2D eigenvalue weighted by atomic mass is 9.69. The number of ether oxygens (including phenoxy) is 3. The van der Waals surface area contributed by atoms with Gasteiger partial charge in [0, 0.05) is 12.0 Å². The molecule has 3 aliphatic heterocycles. The summed E-state index contributed by atoms with van der Waals surface area (Å²) in [6, 6.07) is 3.92. The fourth-order valence-corrected chi connectivity index (χ4v) is 4.86. The van der Waals surface area contributed by atoms with E-state index in [0.717, 1.165) is 18.5 Å². The van der Waals surface area contributed by atoms with E-state index in [2.05, 4.69) is 11.9 Å². The van der Waals surface area contributed by atoms with Gasteiger partial charge >= 0.3 is 5.97 Å². The maximum atomic E-state index is 12.4. The van der Waals surface area contributed by atoms with Crippen molar-refractivity contribution in [2.45, 2.75) is 37.0 Å². The molecule has 6 nitrogen and oxygen atoms in total. The molecule has 0 spiro atoms. The first kappa shape index (κ1) is 13.6. The summed E-state index contributed by atoms with van der Waals surface area (Å²) >= 11 is 0. The van der Waals surface area contributed by atoms with Gasteiger partial charge < -0.3 is 24.2 Å². The molecule has 2 fully saturated rings.